The van der Waals surface area contributed by atoms with Gasteiger partial charge in [-0.2, -0.15) is 0 Å². The fourth-order valence-corrected chi connectivity index (χ4v) is 9.48. The maximum Gasteiger partial charge on any atom is 0.303 e. The molecule has 2 N–H and O–H groups in total. The second-order valence-corrected chi connectivity index (χ2v) is 13.7. The molecule has 1 unspecified atom stereocenters. The van der Waals surface area contributed by atoms with Crippen LogP contribution in [-0.4, -0.2) is 32.2 Å². The molecule has 5 rings (SSSR count). The summed E-state index contributed by atoms with van der Waals surface area (Å²) in [6.07, 6.45) is 7.81. The van der Waals surface area contributed by atoms with Crippen LogP contribution in [0.4, 0.5) is 11.4 Å². The van der Waals surface area contributed by atoms with Gasteiger partial charge in [-0.1, -0.05) is 6.55 Å². The monoisotopic (exact) mass is 433 g/mol. The number of hydrogen-bond acceptors (Lipinski definition) is 4. The second-order valence-electron chi connectivity index (χ2n) is 9.44. The van der Waals surface area contributed by atoms with Crippen molar-refractivity contribution < 1.29 is 9.90 Å². The number of rotatable bonds is 4. The van der Waals surface area contributed by atoms with Gasteiger partial charge in [0, 0.05) is 25.2 Å². The van der Waals surface area contributed by atoms with E-state index < -0.39 is 14.0 Å². The minimum atomic E-state index is -2.15. The summed E-state index contributed by atoms with van der Waals surface area (Å²) in [7, 11) is -2.15. The van der Waals surface area contributed by atoms with E-state index in [2.05, 4.69) is 36.1 Å². The predicted molar refractivity (Wildman–Crippen MR) is 127 cm³/mol. The highest BCUT2D eigenvalue weighted by molar-refractivity contribution is 7.02. The van der Waals surface area contributed by atoms with E-state index in [1.54, 1.807) is 0 Å². The number of nitrogens with zero attached hydrogens (tertiary/aromatic N) is 2. The van der Waals surface area contributed by atoms with E-state index in [1.165, 1.54) is 46.5 Å². The third-order valence-corrected chi connectivity index (χ3v) is 11.8. The van der Waals surface area contributed by atoms with Crippen LogP contribution in [0.2, 0.25) is 12.6 Å². The van der Waals surface area contributed by atoms with Crippen LogP contribution in [0.5, 0.6) is 0 Å². The number of hydrogen-bond donors (Lipinski definition) is 2. The molecule has 0 radical (unpaired) electrons. The van der Waals surface area contributed by atoms with Crippen LogP contribution >= 0.6 is 0 Å². The van der Waals surface area contributed by atoms with Crippen molar-refractivity contribution in [3.63, 3.8) is 0 Å². The third-order valence-electron chi connectivity index (χ3n) is 7.24. The highest BCUT2D eigenvalue weighted by Crippen LogP contribution is 2.30. The number of aryl methyl sites for hydroxylation is 2. The molecule has 5 nitrogen and oxygen atoms in total. The average molecular weight is 434 g/mol. The summed E-state index contributed by atoms with van der Waals surface area (Å²) in [6.45, 7) is 4.32. The summed E-state index contributed by atoms with van der Waals surface area (Å²) < 4.78 is 0. The lowest BCUT2D eigenvalue weighted by molar-refractivity contribution is -0.137. The lowest BCUT2D eigenvalue weighted by Crippen LogP contribution is -2.63. The zero-order chi connectivity index (χ0) is 21.4. The lowest BCUT2D eigenvalue weighted by Gasteiger charge is -2.34. The van der Waals surface area contributed by atoms with Gasteiger partial charge in [0.05, 0.1) is 16.4 Å². The van der Waals surface area contributed by atoms with Gasteiger partial charge in [0.25, 0.3) is 0 Å². The SMILES string of the molecule is C[Si]1(CCCC(=O)O)c2cc3c(cc2N=c2cc4c(cc21)=NCCCC4)CCCCN3. The molecule has 31 heavy (non-hydrogen) atoms. The van der Waals surface area contributed by atoms with Crippen molar-refractivity contribution >= 4 is 35.8 Å². The van der Waals surface area contributed by atoms with Gasteiger partial charge in [-0.05, 0) is 96.8 Å². The maximum atomic E-state index is 11.3. The van der Waals surface area contributed by atoms with E-state index >= 15 is 0 Å². The number of fused-ring (bicyclic) bond motifs is 4. The zero-order valence-electron chi connectivity index (χ0n) is 18.3. The third kappa shape index (κ3) is 3.82. The molecule has 0 saturated heterocycles. The van der Waals surface area contributed by atoms with Crippen molar-refractivity contribution in [2.45, 2.75) is 64.0 Å². The van der Waals surface area contributed by atoms with E-state index in [4.69, 9.17) is 9.98 Å². The molecule has 0 bridgehead atoms. The Morgan fingerprint density at radius 3 is 2.74 bits per heavy atom. The summed E-state index contributed by atoms with van der Waals surface area (Å²) in [5.41, 5.74) is 5.06. The number of carboxylic acids is 1. The molecule has 0 spiro atoms. The Morgan fingerprint density at radius 1 is 1.03 bits per heavy atom. The Bertz CT molecular complexity index is 1160. The first kappa shape index (κ1) is 20.4. The highest BCUT2D eigenvalue weighted by Gasteiger charge is 2.38. The van der Waals surface area contributed by atoms with Gasteiger partial charge in [0.2, 0.25) is 0 Å². The van der Waals surface area contributed by atoms with Gasteiger partial charge in [0.15, 0.2) is 0 Å². The van der Waals surface area contributed by atoms with Gasteiger partial charge in [0.1, 0.15) is 8.07 Å². The first-order valence-electron chi connectivity index (χ1n) is 11.7. The predicted octanol–water partition coefficient (Wildman–Crippen LogP) is 2.71. The van der Waals surface area contributed by atoms with E-state index in [-0.39, 0.29) is 6.42 Å². The van der Waals surface area contributed by atoms with Crippen LogP contribution in [0.3, 0.4) is 0 Å². The lowest BCUT2D eigenvalue weighted by atomic mass is 10.1. The van der Waals surface area contributed by atoms with Gasteiger partial charge >= 0.3 is 5.97 Å². The Kier molecular flexibility index (Phi) is 5.42. The topological polar surface area (TPSA) is 74.0 Å². The largest absolute Gasteiger partial charge is 0.481 e. The van der Waals surface area contributed by atoms with Crippen LogP contribution in [-0.2, 0) is 17.6 Å². The van der Waals surface area contributed by atoms with Crippen molar-refractivity contribution in [1.29, 1.82) is 0 Å². The standard InChI is InChI=1S/C25H31N3O2Si/c1-31(12-6-9-25(29)30)23-15-19-17(7-2-4-10-26-19)13-21(23)28-22-14-18-8-3-5-11-27-20(18)16-24(22)31/h13-16,26H,2-12H2,1H3,(H,29,30). The molecule has 2 aromatic carbocycles. The Hall–Kier alpha value is -2.47. The molecule has 3 aliphatic heterocycles. The van der Waals surface area contributed by atoms with Crippen LogP contribution in [0, 0.1) is 0 Å². The Labute approximate surface area is 184 Å². The molecule has 0 saturated carbocycles. The normalized spacial score (nSPS) is 21.6. The fourth-order valence-electron chi connectivity index (χ4n) is 5.47. The fraction of sp³-hybridized carbons (Fsp3) is 0.480. The van der Waals surface area contributed by atoms with Gasteiger partial charge < -0.3 is 10.4 Å². The number of nitrogens with one attached hydrogen (secondary N) is 1. The van der Waals surface area contributed by atoms with Crippen molar-refractivity contribution in [3.05, 3.63) is 46.1 Å². The number of anilines is 1. The number of carboxylic acid groups (broad SMARTS) is 1. The maximum absolute atomic E-state index is 11.3. The molecule has 3 aliphatic rings. The molecule has 0 aliphatic carbocycles. The quantitative estimate of drug-likeness (QED) is 0.728. The summed E-state index contributed by atoms with van der Waals surface area (Å²) in [4.78, 5) is 21.3. The highest BCUT2D eigenvalue weighted by atomic mass is 28.3. The summed E-state index contributed by atoms with van der Waals surface area (Å²) >= 11 is 0. The minimum absolute atomic E-state index is 0.225. The van der Waals surface area contributed by atoms with Crippen LogP contribution in [0.25, 0.3) is 0 Å². The minimum Gasteiger partial charge on any atom is -0.481 e. The summed E-state index contributed by atoms with van der Waals surface area (Å²) in [6, 6.07) is 10.2. The molecule has 6 heteroatoms. The molecule has 1 atom stereocenters. The number of benzene rings is 2. The second kappa shape index (κ2) is 8.23. The number of carbonyl (C=O) groups is 1. The Balaban J connectivity index is 1.70. The first-order chi connectivity index (χ1) is 15.0. The van der Waals surface area contributed by atoms with Crippen LogP contribution in [0.15, 0.2) is 34.3 Å². The van der Waals surface area contributed by atoms with E-state index in [0.29, 0.717) is 6.42 Å². The smallest absolute Gasteiger partial charge is 0.303 e. The van der Waals surface area contributed by atoms with E-state index in [0.717, 1.165) is 54.8 Å². The molecule has 162 valence electrons. The van der Waals surface area contributed by atoms with Gasteiger partial charge in [-0.25, -0.2) is 4.99 Å². The Morgan fingerprint density at radius 2 is 1.87 bits per heavy atom. The molecular formula is C25H31N3O2Si. The first-order valence-corrected chi connectivity index (χ1v) is 14.4. The van der Waals surface area contributed by atoms with Gasteiger partial charge in [-0.15, -0.1) is 0 Å². The number of aliphatic carboxylic acids is 1. The average Bonchev–Trinajstić information content (AvgIpc) is 3.11. The molecule has 3 heterocycles. The van der Waals surface area contributed by atoms with Gasteiger partial charge in [-0.3, -0.25) is 9.79 Å². The molecule has 2 aromatic rings. The van der Waals surface area contributed by atoms with Crippen molar-refractivity contribution in [1.82, 2.24) is 0 Å². The molecule has 0 amide bonds. The van der Waals surface area contributed by atoms with Crippen molar-refractivity contribution in [2.24, 2.45) is 9.98 Å². The van der Waals surface area contributed by atoms with E-state index in [1.807, 2.05) is 0 Å². The van der Waals surface area contributed by atoms with Crippen LogP contribution in [0.1, 0.15) is 49.7 Å². The van der Waals surface area contributed by atoms with Crippen molar-refractivity contribution in [2.75, 3.05) is 18.4 Å². The molecule has 0 fully saturated rings. The van der Waals surface area contributed by atoms with Crippen LogP contribution < -0.4 is 26.4 Å². The van der Waals surface area contributed by atoms with E-state index in [9.17, 15) is 9.90 Å². The zero-order valence-corrected chi connectivity index (χ0v) is 19.3. The summed E-state index contributed by atoms with van der Waals surface area (Å²) in [5, 5.41) is 17.8. The molecular weight excluding hydrogens is 402 g/mol. The molecule has 0 aromatic heterocycles. The van der Waals surface area contributed by atoms with Crippen molar-refractivity contribution in [3.8, 4) is 0 Å². The summed E-state index contributed by atoms with van der Waals surface area (Å²) in [5.74, 6) is -0.709.